The molecule has 0 saturated carbocycles. The van der Waals surface area contributed by atoms with Crippen LogP contribution in [0.4, 0.5) is 8.78 Å². The number of nitrogens with one attached hydrogen (secondary N) is 1. The fraction of sp³-hybridized carbons (Fsp3) is 0.133. The molecule has 0 aliphatic rings. The summed E-state index contributed by atoms with van der Waals surface area (Å²) in [5.41, 5.74) is 0.951. The Morgan fingerprint density at radius 2 is 1.81 bits per heavy atom. The summed E-state index contributed by atoms with van der Waals surface area (Å²) >= 11 is 6.61. The van der Waals surface area contributed by atoms with Crippen molar-refractivity contribution < 1.29 is 13.6 Å². The van der Waals surface area contributed by atoms with Crippen LogP contribution in [0, 0.1) is 11.6 Å². The van der Waals surface area contributed by atoms with Crippen molar-refractivity contribution in [2.45, 2.75) is 13.0 Å². The van der Waals surface area contributed by atoms with E-state index in [0.717, 1.165) is 16.6 Å². The third-order valence-electron chi connectivity index (χ3n) is 2.96. The Morgan fingerprint density at radius 3 is 2.48 bits per heavy atom. The lowest BCUT2D eigenvalue weighted by atomic mass is 10.1. The molecule has 0 radical (unpaired) electrons. The molecule has 6 heteroatoms. The Kier molecular flexibility index (Phi) is 5.11. The van der Waals surface area contributed by atoms with Gasteiger partial charge < -0.3 is 5.32 Å². The third-order valence-corrected chi connectivity index (χ3v) is 4.15. The molecule has 0 aromatic heterocycles. The fourth-order valence-electron chi connectivity index (χ4n) is 1.81. The first-order valence-electron chi connectivity index (χ1n) is 6.09. The standard InChI is InChI=1S/C15H11Br2F2NO/c1-8(9-2-5-13(18)14(19)6-9)20-15(21)11-7-10(16)3-4-12(11)17/h2-8H,1H3,(H,20,21). The Bertz CT molecular complexity index is 691. The number of hydrogen-bond donors (Lipinski definition) is 1. The quantitative estimate of drug-likeness (QED) is 0.748. The van der Waals surface area contributed by atoms with E-state index in [1.54, 1.807) is 25.1 Å². The lowest BCUT2D eigenvalue weighted by Crippen LogP contribution is -2.27. The van der Waals surface area contributed by atoms with Gasteiger partial charge in [0.05, 0.1) is 11.6 Å². The molecule has 1 amide bonds. The van der Waals surface area contributed by atoms with Gasteiger partial charge in [0.1, 0.15) is 0 Å². The summed E-state index contributed by atoms with van der Waals surface area (Å²) in [6.45, 7) is 1.70. The molecule has 2 nitrogen and oxygen atoms in total. The van der Waals surface area contributed by atoms with Gasteiger partial charge in [-0.25, -0.2) is 8.78 Å². The number of carbonyl (C=O) groups excluding carboxylic acids is 1. The van der Waals surface area contributed by atoms with Gasteiger partial charge in [0.15, 0.2) is 11.6 Å². The average molecular weight is 419 g/mol. The Labute approximate surface area is 137 Å². The highest BCUT2D eigenvalue weighted by Crippen LogP contribution is 2.23. The van der Waals surface area contributed by atoms with Crippen molar-refractivity contribution in [1.82, 2.24) is 5.32 Å². The van der Waals surface area contributed by atoms with Crippen LogP contribution in [-0.2, 0) is 0 Å². The molecule has 0 heterocycles. The van der Waals surface area contributed by atoms with E-state index in [1.807, 2.05) is 0 Å². The van der Waals surface area contributed by atoms with Crippen LogP contribution >= 0.6 is 31.9 Å². The van der Waals surface area contributed by atoms with E-state index in [-0.39, 0.29) is 5.91 Å². The van der Waals surface area contributed by atoms with Gasteiger partial charge in [-0.05, 0) is 58.7 Å². The maximum absolute atomic E-state index is 13.2. The summed E-state index contributed by atoms with van der Waals surface area (Å²) in [6.07, 6.45) is 0. The van der Waals surface area contributed by atoms with Crippen molar-refractivity contribution in [2.75, 3.05) is 0 Å². The smallest absolute Gasteiger partial charge is 0.252 e. The highest BCUT2D eigenvalue weighted by atomic mass is 79.9. The molecule has 2 aromatic rings. The molecule has 0 aliphatic heterocycles. The number of hydrogen-bond acceptors (Lipinski definition) is 1. The van der Waals surface area contributed by atoms with Crippen molar-refractivity contribution in [1.29, 1.82) is 0 Å². The number of rotatable bonds is 3. The predicted octanol–water partition coefficient (Wildman–Crippen LogP) is 4.98. The minimum atomic E-state index is -0.933. The third kappa shape index (κ3) is 3.89. The molecule has 0 spiro atoms. The van der Waals surface area contributed by atoms with Gasteiger partial charge in [0, 0.05) is 8.95 Å². The molecule has 2 aromatic carbocycles. The molecular weight excluding hydrogens is 408 g/mol. The van der Waals surface area contributed by atoms with Gasteiger partial charge in [-0.1, -0.05) is 22.0 Å². The molecule has 0 bridgehead atoms. The monoisotopic (exact) mass is 417 g/mol. The topological polar surface area (TPSA) is 29.1 Å². The number of benzene rings is 2. The zero-order chi connectivity index (χ0) is 15.6. The Morgan fingerprint density at radius 1 is 1.10 bits per heavy atom. The summed E-state index contributed by atoms with van der Waals surface area (Å²) < 4.78 is 27.6. The van der Waals surface area contributed by atoms with Crippen molar-refractivity contribution in [2.24, 2.45) is 0 Å². The highest BCUT2D eigenvalue weighted by molar-refractivity contribution is 9.11. The summed E-state index contributed by atoms with van der Waals surface area (Å²) in [5.74, 6) is -2.15. The second-order valence-corrected chi connectivity index (χ2v) is 6.26. The summed E-state index contributed by atoms with van der Waals surface area (Å²) in [6, 6.07) is 8.36. The molecule has 110 valence electrons. The van der Waals surface area contributed by atoms with Gasteiger partial charge >= 0.3 is 0 Å². The second kappa shape index (κ2) is 6.66. The van der Waals surface area contributed by atoms with Crippen LogP contribution in [0.1, 0.15) is 28.9 Å². The number of carbonyl (C=O) groups is 1. The zero-order valence-electron chi connectivity index (χ0n) is 11.0. The molecule has 1 atom stereocenters. The fourth-order valence-corrected chi connectivity index (χ4v) is 2.60. The van der Waals surface area contributed by atoms with Gasteiger partial charge in [0.2, 0.25) is 0 Å². The first-order valence-corrected chi connectivity index (χ1v) is 7.68. The molecule has 1 unspecified atom stereocenters. The predicted molar refractivity (Wildman–Crippen MR) is 84.1 cm³/mol. The van der Waals surface area contributed by atoms with E-state index in [2.05, 4.69) is 37.2 Å². The summed E-state index contributed by atoms with van der Waals surface area (Å²) in [5, 5.41) is 2.75. The van der Waals surface area contributed by atoms with Crippen LogP contribution in [0.5, 0.6) is 0 Å². The maximum Gasteiger partial charge on any atom is 0.252 e. The van der Waals surface area contributed by atoms with Crippen molar-refractivity contribution in [3.8, 4) is 0 Å². The molecule has 2 rings (SSSR count). The van der Waals surface area contributed by atoms with Crippen LogP contribution in [-0.4, -0.2) is 5.91 Å². The Hall–Kier alpha value is -1.27. The number of halogens is 4. The van der Waals surface area contributed by atoms with Gasteiger partial charge in [-0.2, -0.15) is 0 Å². The average Bonchev–Trinajstić information content (AvgIpc) is 2.44. The van der Waals surface area contributed by atoms with Crippen LogP contribution in [0.2, 0.25) is 0 Å². The van der Waals surface area contributed by atoms with Crippen LogP contribution in [0.25, 0.3) is 0 Å². The summed E-state index contributed by atoms with van der Waals surface area (Å²) in [7, 11) is 0. The molecule has 0 aliphatic carbocycles. The van der Waals surface area contributed by atoms with E-state index in [4.69, 9.17) is 0 Å². The van der Waals surface area contributed by atoms with Crippen LogP contribution in [0.15, 0.2) is 45.3 Å². The molecule has 0 fully saturated rings. The van der Waals surface area contributed by atoms with E-state index < -0.39 is 17.7 Å². The molecule has 1 N–H and O–H groups in total. The first kappa shape index (κ1) is 16.1. The normalized spacial score (nSPS) is 12.0. The van der Waals surface area contributed by atoms with E-state index in [0.29, 0.717) is 15.6 Å². The van der Waals surface area contributed by atoms with Crippen LogP contribution < -0.4 is 5.32 Å². The lowest BCUT2D eigenvalue weighted by Gasteiger charge is -2.15. The first-order chi connectivity index (χ1) is 9.88. The maximum atomic E-state index is 13.2. The Balaban J connectivity index is 2.18. The van der Waals surface area contributed by atoms with Crippen LogP contribution in [0.3, 0.4) is 0 Å². The highest BCUT2D eigenvalue weighted by Gasteiger charge is 2.15. The van der Waals surface area contributed by atoms with Gasteiger partial charge in [-0.15, -0.1) is 0 Å². The molecule has 0 saturated heterocycles. The molecular formula is C15H11Br2F2NO. The van der Waals surface area contributed by atoms with Crippen molar-refractivity contribution in [3.63, 3.8) is 0 Å². The minimum Gasteiger partial charge on any atom is -0.345 e. The van der Waals surface area contributed by atoms with Gasteiger partial charge in [-0.3, -0.25) is 4.79 Å². The molecule has 21 heavy (non-hydrogen) atoms. The zero-order valence-corrected chi connectivity index (χ0v) is 14.1. The van der Waals surface area contributed by atoms with Crippen molar-refractivity contribution in [3.05, 3.63) is 68.1 Å². The van der Waals surface area contributed by atoms with Crippen molar-refractivity contribution >= 4 is 37.8 Å². The SMILES string of the molecule is CC(NC(=O)c1cc(Br)ccc1Br)c1ccc(F)c(F)c1. The van der Waals surface area contributed by atoms with E-state index in [9.17, 15) is 13.6 Å². The largest absolute Gasteiger partial charge is 0.345 e. The number of amides is 1. The van der Waals surface area contributed by atoms with E-state index in [1.165, 1.54) is 6.07 Å². The second-order valence-electron chi connectivity index (χ2n) is 4.49. The summed E-state index contributed by atoms with van der Waals surface area (Å²) in [4.78, 5) is 12.2. The minimum absolute atomic E-state index is 0.305. The van der Waals surface area contributed by atoms with E-state index >= 15 is 0 Å². The van der Waals surface area contributed by atoms with Gasteiger partial charge in [0.25, 0.3) is 5.91 Å². The lowest BCUT2D eigenvalue weighted by molar-refractivity contribution is 0.0939.